The van der Waals surface area contributed by atoms with E-state index in [0.717, 1.165) is 29.6 Å². The quantitative estimate of drug-likeness (QED) is 0.747. The highest BCUT2D eigenvalue weighted by molar-refractivity contribution is 7.99. The molecule has 6 heteroatoms. The molecule has 5 nitrogen and oxygen atoms in total. The topological polar surface area (TPSA) is 56.5 Å². The van der Waals surface area contributed by atoms with Crippen LogP contribution in [0.25, 0.3) is 0 Å². The third kappa shape index (κ3) is 3.80. The summed E-state index contributed by atoms with van der Waals surface area (Å²) in [5, 5.41) is 12.7. The van der Waals surface area contributed by atoms with Crippen LogP contribution in [0.3, 0.4) is 0 Å². The van der Waals surface area contributed by atoms with Crippen molar-refractivity contribution in [2.45, 2.75) is 32.0 Å². The van der Waals surface area contributed by atoms with Crippen molar-refractivity contribution in [2.24, 2.45) is 5.92 Å². The Bertz CT molecular complexity index is 468. The van der Waals surface area contributed by atoms with Gasteiger partial charge in [-0.3, -0.25) is 4.98 Å². The van der Waals surface area contributed by atoms with E-state index in [4.69, 9.17) is 0 Å². The van der Waals surface area contributed by atoms with Gasteiger partial charge >= 0.3 is 0 Å². The maximum absolute atomic E-state index is 4.30. The van der Waals surface area contributed by atoms with Gasteiger partial charge in [0.15, 0.2) is 0 Å². The predicted molar refractivity (Wildman–Crippen MR) is 71.3 cm³/mol. The average molecular weight is 263 g/mol. The van der Waals surface area contributed by atoms with Crippen molar-refractivity contribution in [2.75, 3.05) is 5.75 Å². The molecular formula is C12H17N5S. The first-order chi connectivity index (χ1) is 8.75. The standard InChI is InChI=1S/C12H17N5S/c1-10(2)9-17-12(14-15-16-17)18-8-6-11-5-3-4-7-13-11/h3-5,7,10H,6,8-9H2,1-2H3. The van der Waals surface area contributed by atoms with Gasteiger partial charge < -0.3 is 0 Å². The van der Waals surface area contributed by atoms with Gasteiger partial charge in [-0.2, -0.15) is 0 Å². The minimum atomic E-state index is 0.545. The van der Waals surface area contributed by atoms with Crippen LogP contribution in [0.4, 0.5) is 0 Å². The highest BCUT2D eigenvalue weighted by Crippen LogP contribution is 2.16. The summed E-state index contributed by atoms with van der Waals surface area (Å²) in [7, 11) is 0. The molecule has 0 N–H and O–H groups in total. The molecule has 0 aliphatic heterocycles. The number of pyridine rings is 1. The first-order valence-corrected chi connectivity index (χ1v) is 7.03. The van der Waals surface area contributed by atoms with Crippen molar-refractivity contribution in [3.8, 4) is 0 Å². The Hall–Kier alpha value is -1.43. The molecule has 0 amide bonds. The SMILES string of the molecule is CC(C)Cn1nnnc1SCCc1ccccn1. The molecule has 0 spiro atoms. The summed E-state index contributed by atoms with van der Waals surface area (Å²) in [5.41, 5.74) is 1.10. The van der Waals surface area contributed by atoms with Gasteiger partial charge in [-0.25, -0.2) is 4.68 Å². The number of thioether (sulfide) groups is 1. The third-order valence-corrected chi connectivity index (χ3v) is 3.31. The van der Waals surface area contributed by atoms with Crippen LogP contribution >= 0.6 is 11.8 Å². The van der Waals surface area contributed by atoms with Gasteiger partial charge in [0.2, 0.25) is 5.16 Å². The molecule has 0 radical (unpaired) electrons. The lowest BCUT2D eigenvalue weighted by atomic mass is 10.2. The fourth-order valence-electron chi connectivity index (χ4n) is 1.55. The zero-order chi connectivity index (χ0) is 12.8. The molecule has 0 unspecified atom stereocenters. The monoisotopic (exact) mass is 263 g/mol. The largest absolute Gasteiger partial charge is 0.261 e. The molecule has 0 atom stereocenters. The molecule has 2 aromatic rings. The maximum atomic E-state index is 4.30. The number of hydrogen-bond acceptors (Lipinski definition) is 5. The third-order valence-electron chi connectivity index (χ3n) is 2.35. The molecular weight excluding hydrogens is 246 g/mol. The van der Waals surface area contributed by atoms with E-state index in [1.165, 1.54) is 0 Å². The number of aromatic nitrogens is 5. The Morgan fingerprint density at radius 3 is 2.94 bits per heavy atom. The second kappa shape index (κ2) is 6.49. The summed E-state index contributed by atoms with van der Waals surface area (Å²) >= 11 is 1.68. The highest BCUT2D eigenvalue weighted by Gasteiger charge is 2.08. The molecule has 0 saturated carbocycles. The smallest absolute Gasteiger partial charge is 0.209 e. The predicted octanol–water partition coefficient (Wildman–Crippen LogP) is 2.06. The van der Waals surface area contributed by atoms with Gasteiger partial charge in [0.25, 0.3) is 0 Å². The van der Waals surface area contributed by atoms with Crippen molar-refractivity contribution >= 4 is 11.8 Å². The normalized spacial score (nSPS) is 11.1. The molecule has 96 valence electrons. The molecule has 0 saturated heterocycles. The van der Waals surface area contributed by atoms with Gasteiger partial charge in [0.1, 0.15) is 0 Å². The van der Waals surface area contributed by atoms with E-state index in [9.17, 15) is 0 Å². The summed E-state index contributed by atoms with van der Waals surface area (Å²) in [6, 6.07) is 5.98. The second-order valence-electron chi connectivity index (χ2n) is 4.46. The fourth-order valence-corrected chi connectivity index (χ4v) is 2.40. The summed E-state index contributed by atoms with van der Waals surface area (Å²) in [6.45, 7) is 5.17. The first-order valence-electron chi connectivity index (χ1n) is 6.04. The molecule has 2 heterocycles. The number of nitrogens with zero attached hydrogens (tertiary/aromatic N) is 5. The molecule has 0 aliphatic rings. The van der Waals surface area contributed by atoms with E-state index in [0.29, 0.717) is 5.92 Å². The van der Waals surface area contributed by atoms with Crippen molar-refractivity contribution < 1.29 is 0 Å². The zero-order valence-corrected chi connectivity index (χ0v) is 11.5. The van der Waals surface area contributed by atoms with E-state index >= 15 is 0 Å². The van der Waals surface area contributed by atoms with Crippen molar-refractivity contribution in [3.05, 3.63) is 30.1 Å². The van der Waals surface area contributed by atoms with Crippen LogP contribution in [-0.2, 0) is 13.0 Å². The summed E-state index contributed by atoms with van der Waals surface area (Å²) in [6.07, 6.45) is 2.75. The zero-order valence-electron chi connectivity index (χ0n) is 10.7. The van der Waals surface area contributed by atoms with Gasteiger partial charge in [-0.05, 0) is 34.9 Å². The van der Waals surface area contributed by atoms with Gasteiger partial charge in [0, 0.05) is 24.2 Å². The molecule has 2 rings (SSSR count). The summed E-state index contributed by atoms with van der Waals surface area (Å²) < 4.78 is 1.87. The Balaban J connectivity index is 1.85. The first kappa shape index (κ1) is 13.0. The molecule has 18 heavy (non-hydrogen) atoms. The van der Waals surface area contributed by atoms with Crippen LogP contribution in [0, 0.1) is 5.92 Å². The van der Waals surface area contributed by atoms with Crippen molar-refractivity contribution in [1.29, 1.82) is 0 Å². The lowest BCUT2D eigenvalue weighted by molar-refractivity contribution is 0.446. The Morgan fingerprint density at radius 2 is 2.22 bits per heavy atom. The Labute approximate surface area is 111 Å². The van der Waals surface area contributed by atoms with Crippen LogP contribution in [0.2, 0.25) is 0 Å². The Morgan fingerprint density at radius 1 is 1.33 bits per heavy atom. The number of tetrazole rings is 1. The van der Waals surface area contributed by atoms with E-state index < -0.39 is 0 Å². The van der Waals surface area contributed by atoms with Crippen LogP contribution in [0.5, 0.6) is 0 Å². The highest BCUT2D eigenvalue weighted by atomic mass is 32.2. The fraction of sp³-hybridized carbons (Fsp3) is 0.500. The molecule has 0 aliphatic carbocycles. The van der Waals surface area contributed by atoms with E-state index in [-0.39, 0.29) is 0 Å². The molecule has 2 aromatic heterocycles. The van der Waals surface area contributed by atoms with Crippen molar-refractivity contribution in [1.82, 2.24) is 25.2 Å². The second-order valence-corrected chi connectivity index (χ2v) is 5.52. The van der Waals surface area contributed by atoms with Crippen LogP contribution in [0.1, 0.15) is 19.5 Å². The summed E-state index contributed by atoms with van der Waals surface area (Å²) in [5.74, 6) is 1.48. The van der Waals surface area contributed by atoms with Crippen LogP contribution in [-0.4, -0.2) is 30.9 Å². The van der Waals surface area contributed by atoms with Crippen molar-refractivity contribution in [3.63, 3.8) is 0 Å². The molecule has 0 bridgehead atoms. The number of aryl methyl sites for hydroxylation is 1. The van der Waals surface area contributed by atoms with Crippen LogP contribution < -0.4 is 0 Å². The van der Waals surface area contributed by atoms with Crippen LogP contribution in [0.15, 0.2) is 29.6 Å². The van der Waals surface area contributed by atoms with Gasteiger partial charge in [0.05, 0.1) is 0 Å². The Kier molecular flexibility index (Phi) is 4.69. The van der Waals surface area contributed by atoms with E-state index in [1.54, 1.807) is 11.8 Å². The van der Waals surface area contributed by atoms with Gasteiger partial charge in [-0.15, -0.1) is 5.10 Å². The number of rotatable bonds is 6. The molecule has 0 fully saturated rings. The minimum Gasteiger partial charge on any atom is -0.261 e. The van der Waals surface area contributed by atoms with E-state index in [1.807, 2.05) is 29.1 Å². The summed E-state index contributed by atoms with van der Waals surface area (Å²) in [4.78, 5) is 4.30. The lowest BCUT2D eigenvalue weighted by Gasteiger charge is -2.06. The minimum absolute atomic E-state index is 0.545. The van der Waals surface area contributed by atoms with Gasteiger partial charge in [-0.1, -0.05) is 31.7 Å². The number of hydrogen-bond donors (Lipinski definition) is 0. The lowest BCUT2D eigenvalue weighted by Crippen LogP contribution is -2.08. The molecule has 0 aromatic carbocycles. The van der Waals surface area contributed by atoms with E-state index in [2.05, 4.69) is 34.4 Å². The maximum Gasteiger partial charge on any atom is 0.209 e. The average Bonchev–Trinajstić information content (AvgIpc) is 2.77.